The second kappa shape index (κ2) is 8.59. The number of benzene rings is 1. The summed E-state index contributed by atoms with van der Waals surface area (Å²) in [6, 6.07) is 6.66. The normalized spacial score (nSPS) is 16.1. The van der Waals surface area contributed by atoms with E-state index >= 15 is 0 Å². The van der Waals surface area contributed by atoms with Crippen LogP contribution < -0.4 is 16.4 Å². The van der Waals surface area contributed by atoms with Crippen LogP contribution in [0, 0.1) is 5.82 Å². The molecule has 2 rings (SSSR count). The van der Waals surface area contributed by atoms with Crippen molar-refractivity contribution in [1.29, 1.82) is 0 Å². The molecule has 126 valence electrons. The van der Waals surface area contributed by atoms with Gasteiger partial charge in [0.25, 0.3) is 0 Å². The van der Waals surface area contributed by atoms with Crippen LogP contribution in [0.25, 0.3) is 0 Å². The number of nitrogens with one attached hydrogen (secondary N) is 2. The van der Waals surface area contributed by atoms with E-state index in [1.54, 1.807) is 12.1 Å². The summed E-state index contributed by atoms with van der Waals surface area (Å²) in [7, 11) is 0. The Hall–Kier alpha value is -1.99. The van der Waals surface area contributed by atoms with Crippen molar-refractivity contribution >= 4 is 11.8 Å². The van der Waals surface area contributed by atoms with Crippen LogP contribution in [0.1, 0.15) is 18.4 Å². The molecule has 1 aliphatic heterocycles. The number of rotatable bonds is 6. The maximum Gasteiger partial charge on any atom is 0.239 e. The van der Waals surface area contributed by atoms with Crippen LogP contribution in [0.5, 0.6) is 0 Å². The Balaban J connectivity index is 1.68. The third-order valence-electron chi connectivity index (χ3n) is 3.90. The fraction of sp³-hybridized carbons (Fsp3) is 0.500. The summed E-state index contributed by atoms with van der Waals surface area (Å²) in [6.07, 6.45) is 1.72. The zero-order valence-corrected chi connectivity index (χ0v) is 13.1. The standard InChI is InChI=1S/C16H23FN4O2/c17-13-3-1-12(2-4-13)11-21-7-5-14(6-8-21)20-16(23)10-19-15(22)9-18/h1-4,14H,5-11,18H2,(H,19,22)(H,20,23). The number of hydrogen-bond acceptors (Lipinski definition) is 4. The van der Waals surface area contributed by atoms with Gasteiger partial charge in [-0.3, -0.25) is 14.5 Å². The van der Waals surface area contributed by atoms with Gasteiger partial charge in [0, 0.05) is 25.7 Å². The van der Waals surface area contributed by atoms with Gasteiger partial charge in [-0.1, -0.05) is 12.1 Å². The maximum atomic E-state index is 12.9. The van der Waals surface area contributed by atoms with Crippen LogP contribution in [0.4, 0.5) is 4.39 Å². The Morgan fingerprint density at radius 1 is 1.17 bits per heavy atom. The Morgan fingerprint density at radius 3 is 2.43 bits per heavy atom. The van der Waals surface area contributed by atoms with Crippen molar-refractivity contribution in [3.8, 4) is 0 Å². The fourth-order valence-corrected chi connectivity index (χ4v) is 2.61. The Kier molecular flexibility index (Phi) is 6.49. The van der Waals surface area contributed by atoms with E-state index < -0.39 is 0 Å². The SMILES string of the molecule is NCC(=O)NCC(=O)NC1CCN(Cc2ccc(F)cc2)CC1. The van der Waals surface area contributed by atoms with Crippen molar-refractivity contribution in [2.45, 2.75) is 25.4 Å². The number of halogens is 1. The van der Waals surface area contributed by atoms with Crippen molar-refractivity contribution in [1.82, 2.24) is 15.5 Å². The van der Waals surface area contributed by atoms with E-state index in [0.29, 0.717) is 0 Å². The van der Waals surface area contributed by atoms with Gasteiger partial charge in [-0.25, -0.2) is 4.39 Å². The molecule has 0 unspecified atom stereocenters. The largest absolute Gasteiger partial charge is 0.352 e. The van der Waals surface area contributed by atoms with E-state index in [0.717, 1.165) is 38.0 Å². The van der Waals surface area contributed by atoms with Crippen LogP contribution in [-0.2, 0) is 16.1 Å². The minimum atomic E-state index is -0.339. The highest BCUT2D eigenvalue weighted by Gasteiger charge is 2.20. The first kappa shape index (κ1) is 17.4. The minimum absolute atomic E-state index is 0.0359. The van der Waals surface area contributed by atoms with Gasteiger partial charge in [0.2, 0.25) is 11.8 Å². The van der Waals surface area contributed by atoms with Gasteiger partial charge in [-0.2, -0.15) is 0 Å². The van der Waals surface area contributed by atoms with Crippen LogP contribution in [-0.4, -0.2) is 48.9 Å². The number of piperidine rings is 1. The fourth-order valence-electron chi connectivity index (χ4n) is 2.61. The molecule has 1 fully saturated rings. The molecule has 23 heavy (non-hydrogen) atoms. The number of likely N-dealkylation sites (tertiary alicyclic amines) is 1. The summed E-state index contributed by atoms with van der Waals surface area (Å²) in [4.78, 5) is 25.0. The first-order chi connectivity index (χ1) is 11.1. The molecule has 1 aliphatic rings. The highest BCUT2D eigenvalue weighted by molar-refractivity contribution is 5.85. The molecule has 0 saturated carbocycles. The number of carbonyl (C=O) groups is 2. The second-order valence-corrected chi connectivity index (χ2v) is 5.73. The predicted octanol–water partition coefficient (Wildman–Crippen LogP) is -0.0188. The molecule has 0 radical (unpaired) electrons. The van der Waals surface area contributed by atoms with Crippen molar-refractivity contribution in [2.24, 2.45) is 5.73 Å². The lowest BCUT2D eigenvalue weighted by molar-refractivity contribution is -0.125. The quantitative estimate of drug-likeness (QED) is 0.687. The summed E-state index contributed by atoms with van der Waals surface area (Å²) >= 11 is 0. The molecule has 6 nitrogen and oxygen atoms in total. The monoisotopic (exact) mass is 322 g/mol. The smallest absolute Gasteiger partial charge is 0.239 e. The van der Waals surface area contributed by atoms with E-state index in [1.807, 2.05) is 0 Å². The number of nitrogens with zero attached hydrogens (tertiary/aromatic N) is 1. The van der Waals surface area contributed by atoms with Gasteiger partial charge in [0.1, 0.15) is 5.82 Å². The van der Waals surface area contributed by atoms with Crippen molar-refractivity contribution in [2.75, 3.05) is 26.2 Å². The molecule has 4 N–H and O–H groups in total. The number of nitrogens with two attached hydrogens (primary N) is 1. The first-order valence-corrected chi connectivity index (χ1v) is 7.79. The van der Waals surface area contributed by atoms with Gasteiger partial charge < -0.3 is 16.4 Å². The molecule has 0 atom stereocenters. The number of hydrogen-bond donors (Lipinski definition) is 3. The molecule has 1 aromatic carbocycles. The van der Waals surface area contributed by atoms with Gasteiger partial charge in [-0.15, -0.1) is 0 Å². The molecule has 0 spiro atoms. The molecule has 7 heteroatoms. The molecular formula is C16H23FN4O2. The predicted molar refractivity (Wildman–Crippen MR) is 84.9 cm³/mol. The second-order valence-electron chi connectivity index (χ2n) is 5.73. The van der Waals surface area contributed by atoms with E-state index in [1.165, 1.54) is 12.1 Å². The zero-order chi connectivity index (χ0) is 16.7. The topological polar surface area (TPSA) is 87.5 Å². The Morgan fingerprint density at radius 2 is 1.83 bits per heavy atom. The van der Waals surface area contributed by atoms with Crippen LogP contribution >= 0.6 is 0 Å². The van der Waals surface area contributed by atoms with Gasteiger partial charge in [-0.05, 0) is 30.5 Å². The van der Waals surface area contributed by atoms with E-state index in [4.69, 9.17) is 5.73 Å². The maximum absolute atomic E-state index is 12.9. The van der Waals surface area contributed by atoms with Crippen LogP contribution in [0.15, 0.2) is 24.3 Å². The van der Waals surface area contributed by atoms with Crippen LogP contribution in [0.3, 0.4) is 0 Å². The molecule has 0 aliphatic carbocycles. The number of amides is 2. The van der Waals surface area contributed by atoms with Crippen molar-refractivity contribution < 1.29 is 14.0 Å². The Labute approximate surface area is 135 Å². The van der Waals surface area contributed by atoms with Crippen molar-refractivity contribution in [3.63, 3.8) is 0 Å². The summed E-state index contributed by atoms with van der Waals surface area (Å²) in [5.74, 6) is -0.755. The highest BCUT2D eigenvalue weighted by Crippen LogP contribution is 2.14. The van der Waals surface area contributed by atoms with E-state index in [9.17, 15) is 14.0 Å². The van der Waals surface area contributed by atoms with E-state index in [2.05, 4.69) is 15.5 Å². The summed E-state index contributed by atoms with van der Waals surface area (Å²) in [5.41, 5.74) is 6.24. The van der Waals surface area contributed by atoms with Gasteiger partial charge in [0.05, 0.1) is 13.1 Å². The molecule has 1 heterocycles. The molecule has 1 saturated heterocycles. The van der Waals surface area contributed by atoms with Gasteiger partial charge >= 0.3 is 0 Å². The molecular weight excluding hydrogens is 299 g/mol. The lowest BCUT2D eigenvalue weighted by Gasteiger charge is -2.32. The van der Waals surface area contributed by atoms with Gasteiger partial charge in [0.15, 0.2) is 0 Å². The molecule has 0 bridgehead atoms. The molecule has 0 aromatic heterocycles. The Bertz CT molecular complexity index is 527. The number of carbonyl (C=O) groups excluding carboxylic acids is 2. The average Bonchev–Trinajstić information content (AvgIpc) is 2.56. The van der Waals surface area contributed by atoms with Crippen LogP contribution in [0.2, 0.25) is 0 Å². The minimum Gasteiger partial charge on any atom is -0.352 e. The lowest BCUT2D eigenvalue weighted by atomic mass is 10.0. The third-order valence-corrected chi connectivity index (χ3v) is 3.90. The lowest BCUT2D eigenvalue weighted by Crippen LogP contribution is -2.47. The first-order valence-electron chi connectivity index (χ1n) is 7.79. The van der Waals surface area contributed by atoms with Crippen molar-refractivity contribution in [3.05, 3.63) is 35.6 Å². The summed E-state index contributed by atoms with van der Waals surface area (Å²) < 4.78 is 12.9. The molecule has 1 aromatic rings. The average molecular weight is 322 g/mol. The summed E-state index contributed by atoms with van der Waals surface area (Å²) in [5, 5.41) is 5.37. The zero-order valence-electron chi connectivity index (χ0n) is 13.1. The van der Waals surface area contributed by atoms with E-state index in [-0.39, 0.29) is 36.8 Å². The highest BCUT2D eigenvalue weighted by atomic mass is 19.1. The summed E-state index contributed by atoms with van der Waals surface area (Å²) in [6.45, 7) is 2.38. The third kappa shape index (κ3) is 5.96. The molecule has 2 amide bonds.